The van der Waals surface area contributed by atoms with Crippen LogP contribution < -0.4 is 5.32 Å². The van der Waals surface area contributed by atoms with Gasteiger partial charge in [-0.25, -0.2) is 8.42 Å². The van der Waals surface area contributed by atoms with Gasteiger partial charge in [0.15, 0.2) is 9.84 Å². The van der Waals surface area contributed by atoms with Crippen molar-refractivity contribution in [2.45, 2.75) is 25.0 Å². The van der Waals surface area contributed by atoms with E-state index in [0.29, 0.717) is 18.7 Å². The maximum atomic E-state index is 11.7. The highest BCUT2D eigenvalue weighted by molar-refractivity contribution is 7.92. The van der Waals surface area contributed by atoms with Gasteiger partial charge in [-0.15, -0.1) is 0 Å². The van der Waals surface area contributed by atoms with E-state index in [1.807, 2.05) is 0 Å². The molecule has 1 aliphatic heterocycles. The van der Waals surface area contributed by atoms with Crippen molar-refractivity contribution in [2.24, 2.45) is 7.05 Å². The van der Waals surface area contributed by atoms with Crippen molar-refractivity contribution in [1.29, 1.82) is 0 Å². The molecule has 1 atom stereocenters. The molecule has 9 heteroatoms. The number of nitrogens with one attached hydrogen (secondary N) is 1. The Kier molecular flexibility index (Phi) is 3.48. The number of imidazole rings is 1. The average Bonchev–Trinajstić information content (AvgIpc) is 2.79. The molecule has 1 fully saturated rings. The summed E-state index contributed by atoms with van der Waals surface area (Å²) in [5, 5.41) is 13.3. The Morgan fingerprint density at radius 2 is 2.26 bits per heavy atom. The first-order valence-electron chi connectivity index (χ1n) is 5.96. The molecule has 1 aliphatic rings. The molecule has 0 aliphatic carbocycles. The van der Waals surface area contributed by atoms with Crippen molar-refractivity contribution in [3.05, 3.63) is 15.9 Å². The Hall–Kier alpha value is -1.64. The van der Waals surface area contributed by atoms with Crippen LogP contribution in [0.1, 0.15) is 18.7 Å². The third-order valence-electron chi connectivity index (χ3n) is 3.43. The van der Waals surface area contributed by atoms with E-state index in [1.165, 1.54) is 0 Å². The predicted molar refractivity (Wildman–Crippen MR) is 69.9 cm³/mol. The first kappa shape index (κ1) is 13.8. The van der Waals surface area contributed by atoms with Crippen molar-refractivity contribution >= 4 is 21.5 Å². The molecule has 0 bridgehead atoms. The first-order valence-corrected chi connectivity index (χ1v) is 7.67. The van der Waals surface area contributed by atoms with Gasteiger partial charge < -0.3 is 15.4 Å². The van der Waals surface area contributed by atoms with Crippen LogP contribution >= 0.6 is 0 Å². The molecule has 19 heavy (non-hydrogen) atoms. The van der Waals surface area contributed by atoms with Crippen LogP contribution in [0.2, 0.25) is 0 Å². The fourth-order valence-corrected chi connectivity index (χ4v) is 3.98. The minimum atomic E-state index is -3.06. The van der Waals surface area contributed by atoms with Gasteiger partial charge in [-0.3, -0.25) is 4.57 Å². The Morgan fingerprint density at radius 3 is 2.79 bits per heavy atom. The topological polar surface area (TPSA) is 107 Å². The van der Waals surface area contributed by atoms with Crippen LogP contribution in [0, 0.1) is 17.0 Å². The summed E-state index contributed by atoms with van der Waals surface area (Å²) in [6.07, 6.45) is 1.25. The van der Waals surface area contributed by atoms with Gasteiger partial charge in [0.1, 0.15) is 0 Å². The second-order valence-corrected chi connectivity index (χ2v) is 7.06. The van der Waals surface area contributed by atoms with E-state index in [2.05, 4.69) is 10.3 Å². The fourth-order valence-electron chi connectivity index (χ4n) is 2.22. The smallest absolute Gasteiger partial charge is 0.363 e. The summed E-state index contributed by atoms with van der Waals surface area (Å²) in [5.74, 6) is 0.690. The Bertz CT molecular complexity index is 607. The summed E-state index contributed by atoms with van der Waals surface area (Å²) >= 11 is 0. The molecule has 0 aromatic carbocycles. The Morgan fingerprint density at radius 1 is 1.58 bits per heavy atom. The van der Waals surface area contributed by atoms with Gasteiger partial charge >= 0.3 is 5.82 Å². The van der Waals surface area contributed by atoms with E-state index in [-0.39, 0.29) is 23.9 Å². The number of rotatable bonds is 4. The monoisotopic (exact) mass is 288 g/mol. The molecule has 0 saturated carbocycles. The number of hydrogen-bond acceptors (Lipinski definition) is 6. The maximum Gasteiger partial charge on any atom is 0.406 e. The molecule has 0 amide bonds. The van der Waals surface area contributed by atoms with Crippen molar-refractivity contribution in [2.75, 3.05) is 17.6 Å². The van der Waals surface area contributed by atoms with Gasteiger partial charge in [-0.1, -0.05) is 0 Å². The van der Waals surface area contributed by atoms with Gasteiger partial charge in [0, 0.05) is 20.5 Å². The number of sulfone groups is 1. The third kappa shape index (κ3) is 2.55. The van der Waals surface area contributed by atoms with E-state index in [1.54, 1.807) is 18.5 Å². The fraction of sp³-hybridized carbons (Fsp3) is 0.700. The molecular weight excluding hydrogens is 272 g/mol. The Labute approximate surface area is 110 Å². The summed E-state index contributed by atoms with van der Waals surface area (Å²) in [7, 11) is -1.40. The van der Waals surface area contributed by atoms with Crippen molar-refractivity contribution < 1.29 is 13.3 Å². The van der Waals surface area contributed by atoms with Crippen LogP contribution in [0.3, 0.4) is 0 Å². The van der Waals surface area contributed by atoms with Crippen LogP contribution in [0.25, 0.3) is 0 Å². The lowest BCUT2D eigenvalue weighted by molar-refractivity contribution is -0.388. The van der Waals surface area contributed by atoms with Crippen LogP contribution in [-0.2, 0) is 16.9 Å². The third-order valence-corrected chi connectivity index (χ3v) is 5.71. The quantitative estimate of drug-likeness (QED) is 0.643. The molecule has 1 saturated heterocycles. The molecule has 8 nitrogen and oxygen atoms in total. The van der Waals surface area contributed by atoms with Gasteiger partial charge in [0.25, 0.3) is 0 Å². The summed E-state index contributed by atoms with van der Waals surface area (Å²) in [5.41, 5.74) is 0. The van der Waals surface area contributed by atoms with E-state index in [4.69, 9.17) is 0 Å². The zero-order valence-electron chi connectivity index (χ0n) is 10.8. The highest BCUT2D eigenvalue weighted by Crippen LogP contribution is 2.26. The molecule has 1 unspecified atom stereocenters. The zero-order chi connectivity index (χ0) is 14.2. The average molecular weight is 288 g/mol. The van der Waals surface area contributed by atoms with Gasteiger partial charge in [-0.05, 0) is 22.7 Å². The van der Waals surface area contributed by atoms with E-state index in [9.17, 15) is 18.5 Å². The summed E-state index contributed by atoms with van der Waals surface area (Å²) in [4.78, 5) is 14.2. The van der Waals surface area contributed by atoms with Crippen molar-refractivity contribution in [1.82, 2.24) is 9.55 Å². The number of nitrogens with zero attached hydrogens (tertiary/aromatic N) is 3. The molecule has 2 rings (SSSR count). The molecule has 0 radical (unpaired) electrons. The number of anilines is 1. The number of nitro groups is 1. The van der Waals surface area contributed by atoms with Crippen LogP contribution in [0.15, 0.2) is 0 Å². The first-order chi connectivity index (χ1) is 8.83. The standard InChI is InChI=1S/C10H16N4O4S/c1-7-12-10(14(15)16)9(13(7)2)11-6-8-4-3-5-19(8,17)18/h8,11H,3-6H2,1-2H3. The highest BCUT2D eigenvalue weighted by atomic mass is 32.2. The SMILES string of the molecule is Cc1nc([N+](=O)[O-])c(NCC2CCCS2(=O)=O)n1C. The highest BCUT2D eigenvalue weighted by Gasteiger charge is 2.32. The number of aromatic nitrogens is 2. The second kappa shape index (κ2) is 4.80. The van der Waals surface area contributed by atoms with Crippen molar-refractivity contribution in [3.63, 3.8) is 0 Å². The molecule has 1 aromatic rings. The largest absolute Gasteiger partial charge is 0.406 e. The maximum absolute atomic E-state index is 11.7. The summed E-state index contributed by atoms with van der Waals surface area (Å²) < 4.78 is 24.9. The second-order valence-electron chi connectivity index (χ2n) is 4.66. The molecule has 1 N–H and O–H groups in total. The lowest BCUT2D eigenvalue weighted by Crippen LogP contribution is -2.26. The van der Waals surface area contributed by atoms with Crippen LogP contribution in [0.5, 0.6) is 0 Å². The summed E-state index contributed by atoms with van der Waals surface area (Å²) in [6, 6.07) is 0. The van der Waals surface area contributed by atoms with Crippen LogP contribution in [0.4, 0.5) is 11.6 Å². The van der Waals surface area contributed by atoms with Crippen molar-refractivity contribution in [3.8, 4) is 0 Å². The normalized spacial score (nSPS) is 21.5. The van der Waals surface area contributed by atoms with E-state index in [0.717, 1.165) is 0 Å². The molecule has 2 heterocycles. The van der Waals surface area contributed by atoms with Gasteiger partial charge in [0.05, 0.1) is 11.0 Å². The lowest BCUT2D eigenvalue weighted by atomic mass is 10.2. The minimum Gasteiger partial charge on any atom is -0.363 e. The number of aryl methyl sites for hydroxylation is 1. The van der Waals surface area contributed by atoms with Crippen LogP contribution in [-0.4, -0.2) is 40.4 Å². The van der Waals surface area contributed by atoms with Gasteiger partial charge in [-0.2, -0.15) is 0 Å². The summed E-state index contributed by atoms with van der Waals surface area (Å²) in [6.45, 7) is 1.84. The molecular formula is C10H16N4O4S. The van der Waals surface area contributed by atoms with E-state index >= 15 is 0 Å². The molecule has 1 aromatic heterocycles. The number of hydrogen-bond donors (Lipinski definition) is 1. The molecule has 106 valence electrons. The minimum absolute atomic E-state index is 0.183. The van der Waals surface area contributed by atoms with E-state index < -0.39 is 20.0 Å². The Balaban J connectivity index is 2.18. The molecule has 0 spiro atoms. The zero-order valence-corrected chi connectivity index (χ0v) is 11.6. The predicted octanol–water partition coefficient (Wildman–Crippen LogP) is 0.626. The van der Waals surface area contributed by atoms with Gasteiger partial charge in [0.2, 0.25) is 11.6 Å². The lowest BCUT2D eigenvalue weighted by Gasteiger charge is -2.11.